The Morgan fingerprint density at radius 3 is 2.86 bits per heavy atom. The minimum atomic E-state index is -3.87. The molecule has 21 heavy (non-hydrogen) atoms. The molecule has 0 bridgehead atoms. The molecule has 114 valence electrons. The molecule has 1 aliphatic rings. The first-order valence-corrected chi connectivity index (χ1v) is 7.91. The highest BCUT2D eigenvalue weighted by Crippen LogP contribution is 2.23. The molecule has 2 rings (SSSR count). The Labute approximate surface area is 123 Å². The first-order chi connectivity index (χ1) is 9.95. The van der Waals surface area contributed by atoms with Gasteiger partial charge in [0.05, 0.1) is 18.1 Å². The third-order valence-corrected chi connectivity index (χ3v) is 5.04. The number of hydrogen-bond donors (Lipinski definition) is 1. The van der Waals surface area contributed by atoms with Gasteiger partial charge in [0.25, 0.3) is 0 Å². The zero-order chi connectivity index (χ0) is 15.5. The number of rotatable bonds is 6. The van der Waals surface area contributed by atoms with Crippen molar-refractivity contribution in [2.45, 2.75) is 17.9 Å². The number of ether oxygens (including phenoxy) is 1. The van der Waals surface area contributed by atoms with Crippen LogP contribution in [0.3, 0.4) is 0 Å². The quantitative estimate of drug-likeness (QED) is 0.793. The largest absolute Gasteiger partial charge is 0.480 e. The Bertz CT molecular complexity index is 653. The van der Waals surface area contributed by atoms with Crippen molar-refractivity contribution >= 4 is 16.0 Å². The molecular formula is C14H17NO5S. The van der Waals surface area contributed by atoms with Crippen molar-refractivity contribution in [2.24, 2.45) is 0 Å². The van der Waals surface area contributed by atoms with E-state index < -0.39 is 22.5 Å². The predicted molar refractivity (Wildman–Crippen MR) is 76.4 cm³/mol. The van der Waals surface area contributed by atoms with Crippen LogP contribution in [0.25, 0.3) is 0 Å². The normalized spacial score (nSPS) is 14.7. The Kier molecular flexibility index (Phi) is 4.76. The molecule has 1 heterocycles. The van der Waals surface area contributed by atoms with Gasteiger partial charge >= 0.3 is 5.97 Å². The fourth-order valence-electron chi connectivity index (χ4n) is 2.20. The van der Waals surface area contributed by atoms with Crippen LogP contribution in [0, 0.1) is 0 Å². The maximum Gasteiger partial charge on any atom is 0.318 e. The number of nitrogens with zero attached hydrogens (tertiary/aromatic N) is 1. The fraction of sp³-hybridized carbons (Fsp3) is 0.357. The summed E-state index contributed by atoms with van der Waals surface area (Å²) in [6, 6.07) is 4.83. The molecule has 7 heteroatoms. The molecule has 0 spiro atoms. The molecule has 1 aromatic rings. The minimum absolute atomic E-state index is 0.0534. The summed E-state index contributed by atoms with van der Waals surface area (Å²) in [6.07, 6.45) is 2.11. The van der Waals surface area contributed by atoms with E-state index in [2.05, 4.69) is 6.58 Å². The number of aliphatic carboxylic acids is 1. The van der Waals surface area contributed by atoms with Crippen LogP contribution in [0.15, 0.2) is 35.7 Å². The summed E-state index contributed by atoms with van der Waals surface area (Å²) >= 11 is 0. The molecule has 6 nitrogen and oxygen atoms in total. The van der Waals surface area contributed by atoms with Crippen LogP contribution in [0.5, 0.6) is 0 Å². The van der Waals surface area contributed by atoms with Crippen molar-refractivity contribution in [1.29, 1.82) is 0 Å². The number of benzene rings is 1. The van der Waals surface area contributed by atoms with E-state index in [-0.39, 0.29) is 11.4 Å². The topological polar surface area (TPSA) is 83.9 Å². The molecule has 1 N–H and O–H groups in total. The molecule has 0 atom stereocenters. The predicted octanol–water partition coefficient (Wildman–Crippen LogP) is 1.02. The van der Waals surface area contributed by atoms with Crippen LogP contribution >= 0.6 is 0 Å². The molecule has 0 aromatic heterocycles. The van der Waals surface area contributed by atoms with Gasteiger partial charge in [-0.05, 0) is 29.7 Å². The Morgan fingerprint density at radius 1 is 1.43 bits per heavy atom. The van der Waals surface area contributed by atoms with Crippen LogP contribution in [0.1, 0.15) is 11.1 Å². The second-order valence-corrected chi connectivity index (χ2v) is 6.65. The average molecular weight is 311 g/mol. The lowest BCUT2D eigenvalue weighted by atomic mass is 10.0. The Balaban J connectivity index is 2.37. The van der Waals surface area contributed by atoms with E-state index in [0.29, 0.717) is 13.2 Å². The molecule has 1 aliphatic heterocycles. The number of carbonyl (C=O) groups is 1. The van der Waals surface area contributed by atoms with Gasteiger partial charge in [0.15, 0.2) is 0 Å². The van der Waals surface area contributed by atoms with E-state index in [9.17, 15) is 13.2 Å². The Hall–Kier alpha value is -1.70. The molecular weight excluding hydrogens is 294 g/mol. The highest BCUT2D eigenvalue weighted by Gasteiger charge is 2.26. The summed E-state index contributed by atoms with van der Waals surface area (Å²) in [5, 5.41) is 8.85. The Morgan fingerprint density at radius 2 is 2.19 bits per heavy atom. The standard InChI is InChI=1S/C14H17NO5S/c1-2-6-15(9-14(16)17)21(18,19)13-4-3-11-5-7-20-10-12(11)8-13/h2-4,8H,1,5-7,9-10H2,(H,16,17). The molecule has 0 radical (unpaired) electrons. The van der Waals surface area contributed by atoms with Crippen LogP contribution in [-0.2, 0) is 32.6 Å². The van der Waals surface area contributed by atoms with Gasteiger partial charge in [-0.1, -0.05) is 12.1 Å². The fourth-order valence-corrected chi connectivity index (χ4v) is 3.61. The van der Waals surface area contributed by atoms with Gasteiger partial charge in [-0.15, -0.1) is 6.58 Å². The van der Waals surface area contributed by atoms with Crippen molar-refractivity contribution in [2.75, 3.05) is 19.7 Å². The second kappa shape index (κ2) is 6.38. The maximum absolute atomic E-state index is 12.5. The van der Waals surface area contributed by atoms with Gasteiger partial charge in [-0.2, -0.15) is 4.31 Å². The van der Waals surface area contributed by atoms with Crippen molar-refractivity contribution in [3.63, 3.8) is 0 Å². The number of fused-ring (bicyclic) bond motifs is 1. The summed E-state index contributed by atoms with van der Waals surface area (Å²) in [4.78, 5) is 10.9. The van der Waals surface area contributed by atoms with E-state index in [1.807, 2.05) is 0 Å². The molecule has 1 aromatic carbocycles. The van der Waals surface area contributed by atoms with Crippen molar-refractivity contribution in [3.05, 3.63) is 42.0 Å². The summed E-state index contributed by atoms with van der Waals surface area (Å²) in [5.74, 6) is -1.21. The third kappa shape index (κ3) is 3.49. The van der Waals surface area contributed by atoms with Gasteiger partial charge in [0.1, 0.15) is 6.54 Å². The molecule has 0 saturated heterocycles. The number of sulfonamides is 1. The zero-order valence-electron chi connectivity index (χ0n) is 11.5. The second-order valence-electron chi connectivity index (χ2n) is 4.71. The SMILES string of the molecule is C=CCN(CC(=O)O)S(=O)(=O)c1ccc2c(c1)COCC2. The molecule has 0 saturated carbocycles. The summed E-state index contributed by atoms with van der Waals surface area (Å²) in [6.45, 7) is 3.82. The molecule has 0 unspecified atom stereocenters. The van der Waals surface area contributed by atoms with Gasteiger partial charge in [0, 0.05) is 6.54 Å². The van der Waals surface area contributed by atoms with Crippen LogP contribution in [0.4, 0.5) is 0 Å². The number of carboxylic acids is 1. The molecule has 0 amide bonds. The van der Waals surface area contributed by atoms with E-state index in [0.717, 1.165) is 21.9 Å². The van der Waals surface area contributed by atoms with E-state index in [4.69, 9.17) is 9.84 Å². The maximum atomic E-state index is 12.5. The van der Waals surface area contributed by atoms with Crippen LogP contribution in [-0.4, -0.2) is 43.5 Å². The summed E-state index contributed by atoms with van der Waals surface area (Å²) in [5.41, 5.74) is 1.89. The average Bonchev–Trinajstić information content (AvgIpc) is 2.46. The summed E-state index contributed by atoms with van der Waals surface area (Å²) in [7, 11) is -3.87. The molecule has 0 fully saturated rings. The van der Waals surface area contributed by atoms with Gasteiger partial charge in [0.2, 0.25) is 10.0 Å². The monoisotopic (exact) mass is 311 g/mol. The lowest BCUT2D eigenvalue weighted by Gasteiger charge is -2.21. The van der Waals surface area contributed by atoms with Crippen molar-refractivity contribution < 1.29 is 23.1 Å². The van der Waals surface area contributed by atoms with Crippen molar-refractivity contribution in [1.82, 2.24) is 4.31 Å². The summed E-state index contributed by atoms with van der Waals surface area (Å²) < 4.78 is 31.2. The minimum Gasteiger partial charge on any atom is -0.480 e. The zero-order valence-corrected chi connectivity index (χ0v) is 12.3. The molecule has 0 aliphatic carbocycles. The smallest absolute Gasteiger partial charge is 0.318 e. The number of carboxylic acid groups (broad SMARTS) is 1. The van der Waals surface area contributed by atoms with Gasteiger partial charge < -0.3 is 9.84 Å². The van der Waals surface area contributed by atoms with E-state index in [1.165, 1.54) is 12.1 Å². The van der Waals surface area contributed by atoms with Crippen LogP contribution < -0.4 is 0 Å². The first-order valence-electron chi connectivity index (χ1n) is 6.47. The highest BCUT2D eigenvalue weighted by molar-refractivity contribution is 7.89. The number of hydrogen-bond acceptors (Lipinski definition) is 4. The van der Waals surface area contributed by atoms with E-state index >= 15 is 0 Å². The van der Waals surface area contributed by atoms with Gasteiger partial charge in [-0.25, -0.2) is 8.42 Å². The third-order valence-electron chi connectivity index (χ3n) is 3.23. The van der Waals surface area contributed by atoms with Crippen molar-refractivity contribution in [3.8, 4) is 0 Å². The lowest BCUT2D eigenvalue weighted by Crippen LogP contribution is -2.35. The first kappa shape index (κ1) is 15.7. The van der Waals surface area contributed by atoms with Crippen LogP contribution in [0.2, 0.25) is 0 Å². The van der Waals surface area contributed by atoms with E-state index in [1.54, 1.807) is 12.1 Å². The highest BCUT2D eigenvalue weighted by atomic mass is 32.2. The van der Waals surface area contributed by atoms with Gasteiger partial charge in [-0.3, -0.25) is 4.79 Å². The lowest BCUT2D eigenvalue weighted by molar-refractivity contribution is -0.137.